The second-order valence-electron chi connectivity index (χ2n) is 25.9. The molecule has 95 heavy (non-hydrogen) atoms. The van der Waals surface area contributed by atoms with Crippen LogP contribution in [0.4, 0.5) is 0 Å². The number of nitrogens with one attached hydrogen (secondary N) is 9. The van der Waals surface area contributed by atoms with Gasteiger partial charge >= 0.3 is 5.97 Å². The number of fused-ring (bicyclic) bond motifs is 1. The number of nitrogens with zero attached hydrogens (tertiary/aromatic N) is 1. The summed E-state index contributed by atoms with van der Waals surface area (Å²) in [4.78, 5) is 196. The molecule has 31 nitrogen and oxygen atoms in total. The van der Waals surface area contributed by atoms with Crippen molar-refractivity contribution in [2.45, 2.75) is 262 Å². The number of hydrogen-bond acceptors (Lipinski definition) is 20. The summed E-state index contributed by atoms with van der Waals surface area (Å²) >= 11 is 6.67. The molecule has 2 saturated heterocycles. The minimum Gasteiger partial charge on any atom is -0.442 e. The third-order valence-electron chi connectivity index (χ3n) is 16.8. The molecule has 0 unspecified atom stereocenters. The van der Waals surface area contributed by atoms with Crippen LogP contribution < -0.4 is 59.3 Å². The van der Waals surface area contributed by atoms with Crippen molar-refractivity contribution in [3.05, 3.63) is 22.4 Å². The molecule has 0 aromatic rings. The maximum atomic E-state index is 15.0. The van der Waals surface area contributed by atoms with Crippen molar-refractivity contribution < 1.29 is 91.9 Å². The second kappa shape index (κ2) is 36.5. The van der Waals surface area contributed by atoms with E-state index in [1.807, 2.05) is 6.92 Å². The smallest absolute Gasteiger partial charge is 0.307 e. The van der Waals surface area contributed by atoms with Crippen molar-refractivity contribution in [3.8, 4) is 0 Å². The maximum Gasteiger partial charge on any atom is 0.307 e. The Balaban J connectivity index is 1.89. The Morgan fingerprint density at radius 1 is 0.600 bits per heavy atom. The molecule has 3 aliphatic heterocycles. The molecule has 14 atom stereocenters. The van der Waals surface area contributed by atoms with Gasteiger partial charge in [-0.15, -0.1) is 0 Å². The monoisotopic (exact) mass is 1360 g/mol. The summed E-state index contributed by atoms with van der Waals surface area (Å²) in [6.45, 7) is 15.0. The van der Waals surface area contributed by atoms with Gasteiger partial charge in [0.2, 0.25) is 82.1 Å². The first-order valence-electron chi connectivity index (χ1n) is 32.7. The number of hydrogen-bond donors (Lipinski definition) is 14. The molecule has 0 aromatic carbocycles. The van der Waals surface area contributed by atoms with E-state index in [0.717, 1.165) is 46.5 Å². The number of halogens is 1. The van der Waals surface area contributed by atoms with E-state index in [0.29, 0.717) is 25.7 Å². The van der Waals surface area contributed by atoms with Gasteiger partial charge in [0.25, 0.3) is 0 Å². The van der Waals surface area contributed by atoms with Crippen LogP contribution in [0.1, 0.15) is 178 Å². The van der Waals surface area contributed by atoms with E-state index in [4.69, 9.17) is 32.5 Å². The van der Waals surface area contributed by atoms with Crippen molar-refractivity contribution in [1.82, 2.24) is 52.8 Å². The molecule has 0 aromatic heterocycles. The number of aliphatic hydroxyl groups excluding tert-OH is 3. The molecule has 0 bridgehead atoms. The Morgan fingerprint density at radius 3 is 1.52 bits per heavy atom. The minimum absolute atomic E-state index is 0.0310. The van der Waals surface area contributed by atoms with Crippen LogP contribution >= 0.6 is 11.6 Å². The highest BCUT2D eigenvalue weighted by atomic mass is 35.5. The zero-order chi connectivity index (χ0) is 71.4. The SMILES string of the molecule is CCCCCCCC[C@H]1NC(=O)[C@@H](CC(C)C)NC(=O)[C@H]([C@@H](C)O)NC(=O)[C@@H](CC(C)C)NC(=O)[C@@H](CC(N)=O)NC(=O)[C@H](CC(N)=O)NC(=O)[C@H](C)NC(=O)[C@H]([C@@H](C)O)NC(=O)[C@H](CCCN2C=C3C(=O)[C@](C)(OC(=O)CCC)C(=O)C(Cl)=C3[C@@H](O)[C@@]23CCCO3)NC1=O. The van der Waals surface area contributed by atoms with Gasteiger partial charge in [-0.05, 0) is 84.5 Å². The number of carbonyl (C=O) groups excluding carboxylic acids is 14. The highest BCUT2D eigenvalue weighted by molar-refractivity contribution is 6.49. The van der Waals surface area contributed by atoms with Crippen LogP contribution in [0.15, 0.2) is 22.4 Å². The van der Waals surface area contributed by atoms with E-state index in [1.165, 1.54) is 18.0 Å². The molecule has 16 N–H and O–H groups in total. The zero-order valence-corrected chi connectivity index (χ0v) is 56.7. The zero-order valence-electron chi connectivity index (χ0n) is 55.9. The number of Topliss-reactive ketones (excluding diaryl/α,β-unsaturated/α-hetero) is 2. The van der Waals surface area contributed by atoms with E-state index < -0.39 is 184 Å². The average Bonchev–Trinajstić information content (AvgIpc) is 1.65. The van der Waals surface area contributed by atoms with Gasteiger partial charge in [0.05, 0.1) is 30.1 Å². The number of amides is 11. The summed E-state index contributed by atoms with van der Waals surface area (Å²) in [5, 5.41) is 55.9. The van der Waals surface area contributed by atoms with Crippen molar-refractivity contribution in [1.29, 1.82) is 0 Å². The Morgan fingerprint density at radius 2 is 1.03 bits per heavy atom. The third kappa shape index (κ3) is 22.0. The van der Waals surface area contributed by atoms with Gasteiger partial charge in [0, 0.05) is 43.3 Å². The molecule has 11 amide bonds. The van der Waals surface area contributed by atoms with Crippen molar-refractivity contribution in [3.63, 3.8) is 0 Å². The van der Waals surface area contributed by atoms with Gasteiger partial charge in [-0.3, -0.25) is 67.1 Å². The number of ether oxygens (including phenoxy) is 2. The fraction of sp³-hybridized carbons (Fsp3) is 0.714. The van der Waals surface area contributed by atoms with Crippen molar-refractivity contribution >= 4 is 94.1 Å². The van der Waals surface area contributed by atoms with Gasteiger partial charge in [0.15, 0.2) is 5.72 Å². The van der Waals surface area contributed by atoms with Gasteiger partial charge < -0.3 is 89.0 Å². The van der Waals surface area contributed by atoms with E-state index in [1.54, 1.807) is 34.6 Å². The number of nitrogens with two attached hydrogens (primary N) is 2. The van der Waals surface area contributed by atoms with Crippen molar-refractivity contribution in [2.24, 2.45) is 23.3 Å². The molecular weight excluding hydrogens is 1260 g/mol. The quantitative estimate of drug-likeness (QED) is 0.0292. The maximum absolute atomic E-state index is 15.0. The lowest BCUT2D eigenvalue weighted by molar-refractivity contribution is -0.174. The fourth-order valence-corrected chi connectivity index (χ4v) is 12.0. The molecular formula is C63H99ClN12O19. The van der Waals surface area contributed by atoms with Crippen LogP contribution in [0.25, 0.3) is 0 Å². The summed E-state index contributed by atoms with van der Waals surface area (Å²) < 4.78 is 11.7. The number of ketones is 2. The standard InChI is InChI=1S/C63H99ClN12O19/c1-11-13-14-15-16-17-21-37-54(86)68-38(22-18-24-76-30-36-46(51(83)63(76)23-19-25-94-63)47(64)52(84)62(10,50(36)82)95-45(81)20-12-2)55(87)74-48(34(8)77)60(92)67-33(7)53(85)70-41(28-43(65)79)57(89)72-42(29-44(66)80)58(90)71-40(27-32(5)6)59(91)75-49(35(9)78)61(93)73-39(26-31(3)4)56(88)69-37/h30-35,37-42,48-49,51,77-78,83H,11-29H2,1-10H3,(H2,65,79)(H2,66,80)(H,67,92)(H,68,86)(H,69,88)(H,70,85)(H,71,90)(H,72,89)(H,73,93)(H,74,87)(H,75,91)/t33-,34+,35+,37+,38-,39+,40+,41-,42+,48-,49-,51+,62-,63-/m0/s1. The number of esters is 1. The van der Waals surface area contributed by atoms with Gasteiger partial charge in [-0.2, -0.15) is 0 Å². The summed E-state index contributed by atoms with van der Waals surface area (Å²) in [5.74, 6) is -15.8. The molecule has 1 aliphatic carbocycles. The Hall–Kier alpha value is -7.61. The fourth-order valence-electron chi connectivity index (χ4n) is 11.6. The molecule has 4 rings (SSSR count). The van der Waals surface area contributed by atoms with E-state index in [2.05, 4.69) is 47.9 Å². The van der Waals surface area contributed by atoms with Crippen LogP contribution in [-0.2, 0) is 76.6 Å². The third-order valence-corrected chi connectivity index (χ3v) is 17.1. The molecule has 532 valence electrons. The van der Waals surface area contributed by atoms with E-state index in [-0.39, 0.29) is 81.1 Å². The summed E-state index contributed by atoms with van der Waals surface area (Å²) in [7, 11) is 0. The van der Waals surface area contributed by atoms with E-state index in [9.17, 15) is 77.6 Å². The lowest BCUT2D eigenvalue weighted by Gasteiger charge is -2.49. The van der Waals surface area contributed by atoms with Crippen LogP contribution in [-0.4, -0.2) is 200 Å². The minimum atomic E-state index is -2.42. The Bertz CT molecular complexity index is 2910. The predicted molar refractivity (Wildman–Crippen MR) is 341 cm³/mol. The average molecular weight is 1360 g/mol. The Labute approximate surface area is 558 Å². The number of unbranched alkanes of at least 4 members (excludes halogenated alkanes) is 5. The summed E-state index contributed by atoms with van der Waals surface area (Å²) in [6, 6.07) is -15.3. The predicted octanol–water partition coefficient (Wildman–Crippen LogP) is -1.67. The summed E-state index contributed by atoms with van der Waals surface area (Å²) in [5.41, 5.74) is 6.34. The van der Waals surface area contributed by atoms with Gasteiger partial charge in [-0.1, -0.05) is 91.7 Å². The van der Waals surface area contributed by atoms with Gasteiger partial charge in [0.1, 0.15) is 60.5 Å². The first kappa shape index (κ1) is 79.8. The van der Waals surface area contributed by atoms with Crippen LogP contribution in [0.2, 0.25) is 0 Å². The van der Waals surface area contributed by atoms with Crippen LogP contribution in [0.5, 0.6) is 0 Å². The lowest BCUT2D eigenvalue weighted by Crippen LogP contribution is -2.62. The summed E-state index contributed by atoms with van der Waals surface area (Å²) in [6.07, 6.45) is -1.28. The highest BCUT2D eigenvalue weighted by Gasteiger charge is 2.60. The van der Waals surface area contributed by atoms with Gasteiger partial charge in [-0.25, -0.2) is 0 Å². The van der Waals surface area contributed by atoms with Crippen LogP contribution in [0.3, 0.4) is 0 Å². The first-order chi connectivity index (χ1) is 44.5. The molecule has 2 fully saturated rings. The molecule has 1 spiro atoms. The normalized spacial score (nSPS) is 28.9. The molecule has 0 radical (unpaired) electrons. The molecule has 0 saturated carbocycles. The molecule has 3 heterocycles. The second-order valence-corrected chi connectivity index (χ2v) is 26.3. The number of aliphatic hydroxyl groups is 3. The lowest BCUT2D eigenvalue weighted by atomic mass is 9.74. The number of primary amides is 2. The molecule has 32 heteroatoms. The topological polar surface area (TPSA) is 482 Å². The molecule has 4 aliphatic rings. The van der Waals surface area contributed by atoms with E-state index >= 15 is 4.79 Å². The number of carbonyl (C=O) groups is 14. The first-order valence-corrected chi connectivity index (χ1v) is 33.1. The Kier molecular flexibility index (Phi) is 30.7. The largest absolute Gasteiger partial charge is 0.442 e. The highest BCUT2D eigenvalue weighted by Crippen LogP contribution is 2.48. The van der Waals surface area contributed by atoms with Crippen molar-refractivity contribution in [2.75, 3.05) is 13.2 Å². The van der Waals surface area contributed by atoms with Crippen LogP contribution in [0, 0.1) is 11.8 Å². The number of rotatable bonds is 24.